The van der Waals surface area contributed by atoms with Gasteiger partial charge in [0.2, 0.25) is 0 Å². The molecule has 114 valence electrons. The van der Waals surface area contributed by atoms with Gasteiger partial charge in [-0.05, 0) is 37.1 Å². The number of rotatable bonds is 7. The molecule has 0 unspecified atom stereocenters. The highest BCUT2D eigenvalue weighted by Crippen LogP contribution is 2.21. The minimum Gasteiger partial charge on any atom is -0.313 e. The zero-order chi connectivity index (χ0) is 15.1. The van der Waals surface area contributed by atoms with Crippen LogP contribution in [0.15, 0.2) is 43.0 Å². The van der Waals surface area contributed by atoms with Gasteiger partial charge >= 0.3 is 6.18 Å². The van der Waals surface area contributed by atoms with Crippen LogP contribution >= 0.6 is 0 Å². The summed E-state index contributed by atoms with van der Waals surface area (Å²) >= 11 is 0. The molecule has 0 atom stereocenters. The Bertz CT molecular complexity index is 518. The van der Waals surface area contributed by atoms with Crippen LogP contribution in [-0.4, -0.2) is 22.3 Å². The molecule has 21 heavy (non-hydrogen) atoms. The van der Waals surface area contributed by atoms with E-state index in [4.69, 9.17) is 0 Å². The fourth-order valence-corrected chi connectivity index (χ4v) is 2.01. The lowest BCUT2D eigenvalue weighted by atomic mass is 10.2. The summed E-state index contributed by atoms with van der Waals surface area (Å²) in [5.74, 6) is 0. The maximum absolute atomic E-state index is 12.0. The standard InChI is InChI=1S/C15H18F3N3/c16-15(17,18)7-1-2-8-19-11-13-3-5-14(6-4-13)21-10-9-20-12-21/h3-6,9-10,12,19H,1-2,7-8,11H2. The molecular weight excluding hydrogens is 279 g/mol. The third-order valence-electron chi connectivity index (χ3n) is 3.13. The van der Waals surface area contributed by atoms with E-state index in [1.54, 1.807) is 12.5 Å². The topological polar surface area (TPSA) is 29.9 Å². The van der Waals surface area contributed by atoms with E-state index in [0.29, 0.717) is 19.5 Å². The Kier molecular flexibility index (Phi) is 5.38. The molecule has 2 rings (SSSR count). The third-order valence-corrected chi connectivity index (χ3v) is 3.13. The molecule has 0 fully saturated rings. The first kappa shape index (κ1) is 15.6. The lowest BCUT2D eigenvalue weighted by molar-refractivity contribution is -0.135. The summed E-state index contributed by atoms with van der Waals surface area (Å²) in [6.45, 7) is 1.26. The van der Waals surface area contributed by atoms with Gasteiger partial charge < -0.3 is 9.88 Å². The summed E-state index contributed by atoms with van der Waals surface area (Å²) in [6.07, 6.45) is 1.29. The van der Waals surface area contributed by atoms with E-state index in [9.17, 15) is 13.2 Å². The van der Waals surface area contributed by atoms with Crippen LogP contribution in [0, 0.1) is 0 Å². The van der Waals surface area contributed by atoms with E-state index in [2.05, 4.69) is 10.3 Å². The van der Waals surface area contributed by atoms with Crippen LogP contribution in [0.3, 0.4) is 0 Å². The van der Waals surface area contributed by atoms with Crippen LogP contribution in [-0.2, 0) is 6.54 Å². The maximum atomic E-state index is 12.0. The summed E-state index contributed by atoms with van der Waals surface area (Å²) in [5.41, 5.74) is 2.14. The highest BCUT2D eigenvalue weighted by molar-refractivity contribution is 5.34. The highest BCUT2D eigenvalue weighted by atomic mass is 19.4. The molecule has 1 aromatic carbocycles. The van der Waals surface area contributed by atoms with E-state index in [-0.39, 0.29) is 6.42 Å². The average Bonchev–Trinajstić information content (AvgIpc) is 2.96. The van der Waals surface area contributed by atoms with E-state index in [1.807, 2.05) is 35.0 Å². The van der Waals surface area contributed by atoms with E-state index in [1.165, 1.54) is 0 Å². The average molecular weight is 297 g/mol. The Hall–Kier alpha value is -1.82. The largest absolute Gasteiger partial charge is 0.389 e. The van der Waals surface area contributed by atoms with Crippen LogP contribution in [0.1, 0.15) is 24.8 Å². The van der Waals surface area contributed by atoms with Crippen LogP contribution in [0.25, 0.3) is 5.69 Å². The molecule has 0 aliphatic rings. The van der Waals surface area contributed by atoms with E-state index < -0.39 is 12.6 Å². The van der Waals surface area contributed by atoms with Crippen LogP contribution in [0.2, 0.25) is 0 Å². The summed E-state index contributed by atoms with van der Waals surface area (Å²) in [6, 6.07) is 7.97. The van der Waals surface area contributed by atoms with Gasteiger partial charge in [0.05, 0.1) is 6.33 Å². The first-order valence-electron chi connectivity index (χ1n) is 6.89. The molecule has 0 saturated carbocycles. The zero-order valence-corrected chi connectivity index (χ0v) is 11.6. The Morgan fingerprint density at radius 3 is 2.48 bits per heavy atom. The molecule has 0 aliphatic carbocycles. The van der Waals surface area contributed by atoms with E-state index >= 15 is 0 Å². The van der Waals surface area contributed by atoms with Crippen LogP contribution in [0.5, 0.6) is 0 Å². The molecule has 0 saturated heterocycles. The van der Waals surface area contributed by atoms with Crippen molar-refractivity contribution in [2.24, 2.45) is 0 Å². The minimum atomic E-state index is -4.04. The fraction of sp³-hybridized carbons (Fsp3) is 0.400. The second-order valence-corrected chi connectivity index (χ2v) is 4.89. The number of hydrogen-bond acceptors (Lipinski definition) is 2. The molecule has 0 aliphatic heterocycles. The Balaban J connectivity index is 1.67. The number of halogens is 3. The molecule has 0 radical (unpaired) electrons. The maximum Gasteiger partial charge on any atom is 0.389 e. The van der Waals surface area contributed by atoms with Crippen molar-refractivity contribution >= 4 is 0 Å². The zero-order valence-electron chi connectivity index (χ0n) is 11.6. The van der Waals surface area contributed by atoms with Gasteiger partial charge in [-0.25, -0.2) is 4.98 Å². The number of nitrogens with zero attached hydrogens (tertiary/aromatic N) is 2. The molecule has 1 N–H and O–H groups in total. The normalized spacial score (nSPS) is 11.8. The predicted octanol–water partition coefficient (Wildman–Crippen LogP) is 3.69. The van der Waals surface area contributed by atoms with Crippen molar-refractivity contribution in [1.29, 1.82) is 0 Å². The molecule has 0 amide bonds. The molecule has 1 aromatic heterocycles. The molecule has 3 nitrogen and oxygen atoms in total. The molecule has 0 bridgehead atoms. The number of nitrogens with one attached hydrogen (secondary N) is 1. The number of unbranched alkanes of at least 4 members (excludes halogenated alkanes) is 1. The monoisotopic (exact) mass is 297 g/mol. The third kappa shape index (κ3) is 5.59. The first-order chi connectivity index (χ1) is 10.0. The predicted molar refractivity (Wildman–Crippen MR) is 75.2 cm³/mol. The van der Waals surface area contributed by atoms with Crippen molar-refractivity contribution < 1.29 is 13.2 Å². The number of benzene rings is 1. The smallest absolute Gasteiger partial charge is 0.313 e. The second-order valence-electron chi connectivity index (χ2n) is 4.89. The lowest BCUT2D eigenvalue weighted by Gasteiger charge is -2.08. The van der Waals surface area contributed by atoms with Crippen LogP contribution in [0.4, 0.5) is 13.2 Å². The summed E-state index contributed by atoms with van der Waals surface area (Å²) in [7, 11) is 0. The summed E-state index contributed by atoms with van der Waals surface area (Å²) in [5, 5.41) is 3.16. The number of hydrogen-bond donors (Lipinski definition) is 1. The number of alkyl halides is 3. The van der Waals surface area contributed by atoms with Crippen molar-refractivity contribution in [3.63, 3.8) is 0 Å². The molecule has 1 heterocycles. The summed E-state index contributed by atoms with van der Waals surface area (Å²) in [4.78, 5) is 3.99. The highest BCUT2D eigenvalue weighted by Gasteiger charge is 2.25. The SMILES string of the molecule is FC(F)(F)CCCCNCc1ccc(-n2ccnc2)cc1. The Morgan fingerprint density at radius 2 is 1.86 bits per heavy atom. The van der Waals surface area contributed by atoms with Crippen molar-refractivity contribution in [3.05, 3.63) is 48.5 Å². The van der Waals surface area contributed by atoms with Gasteiger partial charge in [-0.3, -0.25) is 0 Å². The second kappa shape index (κ2) is 7.26. The number of imidazole rings is 1. The Morgan fingerprint density at radius 1 is 1.10 bits per heavy atom. The van der Waals surface area contributed by atoms with Gasteiger partial charge in [-0.15, -0.1) is 0 Å². The van der Waals surface area contributed by atoms with Crippen molar-refractivity contribution in [2.45, 2.75) is 32.0 Å². The number of aromatic nitrogens is 2. The van der Waals surface area contributed by atoms with Gasteiger partial charge in [0.1, 0.15) is 0 Å². The van der Waals surface area contributed by atoms with Gasteiger partial charge in [-0.2, -0.15) is 13.2 Å². The fourth-order valence-electron chi connectivity index (χ4n) is 2.01. The molecule has 2 aromatic rings. The quantitative estimate of drug-likeness (QED) is 0.790. The van der Waals surface area contributed by atoms with Crippen LogP contribution < -0.4 is 5.32 Å². The first-order valence-corrected chi connectivity index (χ1v) is 6.89. The minimum absolute atomic E-state index is 0.177. The molecule has 6 heteroatoms. The summed E-state index contributed by atoms with van der Waals surface area (Å²) < 4.78 is 37.8. The van der Waals surface area contributed by atoms with Gasteiger partial charge in [0, 0.05) is 31.0 Å². The molecule has 0 spiro atoms. The lowest BCUT2D eigenvalue weighted by Crippen LogP contribution is -2.15. The van der Waals surface area contributed by atoms with Gasteiger partial charge in [0.25, 0.3) is 0 Å². The molecular formula is C15H18F3N3. The van der Waals surface area contributed by atoms with Gasteiger partial charge in [0.15, 0.2) is 0 Å². The van der Waals surface area contributed by atoms with Crippen molar-refractivity contribution in [3.8, 4) is 5.69 Å². The Labute approximate surface area is 121 Å². The van der Waals surface area contributed by atoms with E-state index in [0.717, 1.165) is 11.3 Å². The van der Waals surface area contributed by atoms with Gasteiger partial charge in [-0.1, -0.05) is 12.1 Å². The van der Waals surface area contributed by atoms with Crippen molar-refractivity contribution in [1.82, 2.24) is 14.9 Å². The van der Waals surface area contributed by atoms with Crippen molar-refractivity contribution in [2.75, 3.05) is 6.54 Å².